The van der Waals surface area contributed by atoms with Crippen LogP contribution >= 0.6 is 0 Å². The SMILES string of the molecule is CC(C)(C)OC(=O)N[C@H]1CS(=O)(=O)c2cc(F)c(-c3noc(N4CCCC4)n3)cc2N(Cc2ccc(-c3nc(C(F)(F)F)no3)nc2)C1=O. The maximum atomic E-state index is 15.7. The molecule has 49 heavy (non-hydrogen) atoms. The van der Waals surface area contributed by atoms with Crippen LogP contribution in [0.2, 0.25) is 0 Å². The lowest BCUT2D eigenvalue weighted by atomic mass is 10.1. The van der Waals surface area contributed by atoms with E-state index in [4.69, 9.17) is 9.26 Å². The summed E-state index contributed by atoms with van der Waals surface area (Å²) >= 11 is 0. The van der Waals surface area contributed by atoms with Crippen LogP contribution in [0.5, 0.6) is 0 Å². The van der Waals surface area contributed by atoms with Crippen molar-refractivity contribution in [3.05, 3.63) is 47.7 Å². The van der Waals surface area contributed by atoms with E-state index in [0.29, 0.717) is 13.1 Å². The molecule has 0 bridgehead atoms. The standard InChI is InChI=1S/C29H28F4N8O7S/c1-28(2,3)46-27(43)35-19-14-49(44,45)21-11-17(30)16(22-36-26(48-38-22)40-8-4-5-9-40)10-20(21)41(24(19)42)13-15-6-7-18(34-12-15)23-37-25(39-47-23)29(31,32)33/h6-7,10-12,19H,4-5,8-9,13-14H2,1-3H3,(H,35,43)/t19-/m0/s1. The topological polar surface area (TPSA) is 187 Å². The Labute approximate surface area is 275 Å². The first-order chi connectivity index (χ1) is 23.0. The maximum absolute atomic E-state index is 15.7. The first-order valence-electron chi connectivity index (χ1n) is 14.8. The van der Waals surface area contributed by atoms with Gasteiger partial charge in [-0.15, -0.1) is 0 Å². The van der Waals surface area contributed by atoms with Crippen LogP contribution in [0.3, 0.4) is 0 Å². The average Bonchev–Trinajstić information content (AvgIpc) is 3.79. The van der Waals surface area contributed by atoms with Gasteiger partial charge in [0.05, 0.1) is 28.4 Å². The van der Waals surface area contributed by atoms with Crippen LogP contribution in [-0.4, -0.2) is 76.2 Å². The highest BCUT2D eigenvalue weighted by molar-refractivity contribution is 7.91. The van der Waals surface area contributed by atoms with Crippen LogP contribution < -0.4 is 15.1 Å². The van der Waals surface area contributed by atoms with Gasteiger partial charge in [-0.25, -0.2) is 17.6 Å². The molecule has 5 heterocycles. The summed E-state index contributed by atoms with van der Waals surface area (Å²) in [5, 5.41) is 9.09. The zero-order valence-corrected chi connectivity index (χ0v) is 26.9. The molecule has 3 aromatic heterocycles. The molecule has 4 aromatic rings. The Hall–Kier alpha value is -5.14. The summed E-state index contributed by atoms with van der Waals surface area (Å²) in [4.78, 5) is 40.7. The second kappa shape index (κ2) is 12.4. The molecule has 1 aromatic carbocycles. The van der Waals surface area contributed by atoms with Crippen LogP contribution in [0.25, 0.3) is 23.0 Å². The van der Waals surface area contributed by atoms with Gasteiger partial charge in [-0.2, -0.15) is 23.1 Å². The fraction of sp³-hybridized carbons (Fsp3) is 0.414. The lowest BCUT2D eigenvalue weighted by molar-refractivity contribution is -0.146. The largest absolute Gasteiger partial charge is 0.455 e. The molecule has 0 unspecified atom stereocenters. The van der Waals surface area contributed by atoms with Gasteiger partial charge in [0.1, 0.15) is 23.2 Å². The molecule has 2 aliphatic rings. The Morgan fingerprint density at radius 3 is 2.45 bits per heavy atom. The molecule has 1 atom stereocenters. The van der Waals surface area contributed by atoms with Crippen LogP contribution in [0.1, 0.15) is 45.0 Å². The van der Waals surface area contributed by atoms with Crippen molar-refractivity contribution < 1.29 is 49.4 Å². The van der Waals surface area contributed by atoms with E-state index in [9.17, 15) is 31.2 Å². The van der Waals surface area contributed by atoms with Crippen LogP contribution in [0.4, 0.5) is 34.1 Å². The second-order valence-corrected chi connectivity index (χ2v) is 14.3. The van der Waals surface area contributed by atoms with E-state index in [1.807, 2.05) is 4.90 Å². The number of anilines is 2. The minimum absolute atomic E-state index is 0.114. The number of nitrogens with zero attached hydrogens (tertiary/aromatic N) is 7. The zero-order chi connectivity index (χ0) is 35.3. The van der Waals surface area contributed by atoms with Crippen LogP contribution in [0, 0.1) is 5.82 Å². The third kappa shape index (κ3) is 7.18. The summed E-state index contributed by atoms with van der Waals surface area (Å²) < 4.78 is 97.1. The van der Waals surface area contributed by atoms with Gasteiger partial charge in [0.2, 0.25) is 5.82 Å². The monoisotopic (exact) mass is 708 g/mol. The number of hydrogen-bond donors (Lipinski definition) is 1. The van der Waals surface area contributed by atoms with E-state index in [0.717, 1.165) is 29.9 Å². The van der Waals surface area contributed by atoms with Crippen molar-refractivity contribution in [3.8, 4) is 23.0 Å². The number of halogens is 4. The first-order valence-corrected chi connectivity index (χ1v) is 16.5. The minimum atomic E-state index is -4.85. The Morgan fingerprint density at radius 2 is 1.82 bits per heavy atom. The number of sulfone groups is 1. The van der Waals surface area contributed by atoms with E-state index < -0.39 is 67.8 Å². The number of alkyl carbamates (subject to hydrolysis) is 1. The molecular formula is C29H28F4N8O7S. The first kappa shape index (κ1) is 33.7. The molecule has 260 valence electrons. The van der Waals surface area contributed by atoms with E-state index >= 15 is 4.39 Å². The summed E-state index contributed by atoms with van der Waals surface area (Å²) in [6, 6.07) is 2.98. The highest BCUT2D eigenvalue weighted by Crippen LogP contribution is 2.37. The van der Waals surface area contributed by atoms with Crippen molar-refractivity contribution in [1.29, 1.82) is 0 Å². The average molecular weight is 709 g/mol. The fourth-order valence-electron chi connectivity index (χ4n) is 5.21. The van der Waals surface area contributed by atoms with Crippen molar-refractivity contribution in [3.63, 3.8) is 0 Å². The number of benzene rings is 1. The van der Waals surface area contributed by atoms with Crippen molar-refractivity contribution in [1.82, 2.24) is 30.6 Å². The zero-order valence-electron chi connectivity index (χ0n) is 26.1. The Bertz CT molecular complexity index is 2000. The third-order valence-corrected chi connectivity index (χ3v) is 9.18. The van der Waals surface area contributed by atoms with E-state index in [-0.39, 0.29) is 40.9 Å². The molecular weight excluding hydrogens is 680 g/mol. The van der Waals surface area contributed by atoms with Gasteiger partial charge in [-0.05, 0) is 57.4 Å². The quantitative estimate of drug-likeness (QED) is 0.282. The Morgan fingerprint density at radius 1 is 1.08 bits per heavy atom. The lowest BCUT2D eigenvalue weighted by Gasteiger charge is -2.27. The van der Waals surface area contributed by atoms with Crippen molar-refractivity contribution in [2.75, 3.05) is 28.6 Å². The van der Waals surface area contributed by atoms with Crippen LogP contribution in [0.15, 0.2) is 44.4 Å². The van der Waals surface area contributed by atoms with Gasteiger partial charge in [0, 0.05) is 19.3 Å². The number of hydrogen-bond acceptors (Lipinski definition) is 13. The minimum Gasteiger partial charge on any atom is -0.444 e. The molecule has 0 saturated carbocycles. The third-order valence-electron chi connectivity index (χ3n) is 7.41. The van der Waals surface area contributed by atoms with Crippen molar-refractivity contribution in [2.24, 2.45) is 0 Å². The molecule has 2 aliphatic heterocycles. The summed E-state index contributed by atoms with van der Waals surface area (Å²) in [7, 11) is -4.44. The van der Waals surface area contributed by atoms with Gasteiger partial charge >= 0.3 is 18.3 Å². The number of ether oxygens (including phenoxy) is 1. The highest BCUT2D eigenvalue weighted by Gasteiger charge is 2.41. The predicted octanol–water partition coefficient (Wildman–Crippen LogP) is 4.15. The molecule has 0 radical (unpaired) electrons. The molecule has 6 rings (SSSR count). The summed E-state index contributed by atoms with van der Waals surface area (Å²) in [6.07, 6.45) is -2.91. The van der Waals surface area contributed by atoms with Gasteiger partial charge in [0.25, 0.3) is 17.6 Å². The number of carbonyl (C=O) groups excluding carboxylic acids is 2. The molecule has 20 heteroatoms. The molecule has 2 amide bonds. The smallest absolute Gasteiger partial charge is 0.444 e. The number of rotatable bonds is 6. The number of aromatic nitrogens is 5. The summed E-state index contributed by atoms with van der Waals surface area (Å²) in [5.74, 6) is -5.04. The summed E-state index contributed by atoms with van der Waals surface area (Å²) in [5.41, 5.74) is -1.35. The molecule has 0 spiro atoms. The van der Waals surface area contributed by atoms with E-state index in [1.165, 1.54) is 18.3 Å². The number of pyridine rings is 1. The number of amides is 2. The molecule has 0 aliphatic carbocycles. The molecule has 15 nitrogen and oxygen atoms in total. The number of carbonyl (C=O) groups is 2. The highest BCUT2D eigenvalue weighted by atomic mass is 32.2. The van der Waals surface area contributed by atoms with Gasteiger partial charge < -0.3 is 28.9 Å². The number of nitrogens with one attached hydrogen (secondary N) is 1. The second-order valence-electron chi connectivity index (χ2n) is 12.3. The summed E-state index contributed by atoms with van der Waals surface area (Å²) in [6.45, 7) is 5.66. The normalized spacial score (nSPS) is 17.9. The molecule has 1 N–H and O–H groups in total. The number of fused-ring (bicyclic) bond motifs is 1. The molecule has 1 saturated heterocycles. The van der Waals surface area contributed by atoms with E-state index in [2.05, 4.69) is 35.1 Å². The fourth-order valence-corrected chi connectivity index (χ4v) is 6.83. The lowest BCUT2D eigenvalue weighted by Crippen LogP contribution is -2.51. The predicted molar refractivity (Wildman–Crippen MR) is 160 cm³/mol. The van der Waals surface area contributed by atoms with Gasteiger partial charge in [0.15, 0.2) is 9.84 Å². The number of alkyl halides is 3. The Kier molecular flexibility index (Phi) is 8.53. The van der Waals surface area contributed by atoms with E-state index in [1.54, 1.807) is 20.8 Å². The van der Waals surface area contributed by atoms with Crippen molar-refractivity contribution in [2.45, 2.75) is 62.9 Å². The maximum Gasteiger partial charge on any atom is 0.455 e. The van der Waals surface area contributed by atoms with Crippen LogP contribution in [-0.2, 0) is 32.1 Å². The van der Waals surface area contributed by atoms with Gasteiger partial charge in [-0.3, -0.25) is 9.78 Å². The molecule has 1 fully saturated rings. The Balaban J connectivity index is 1.39. The van der Waals surface area contributed by atoms with Gasteiger partial charge in [-0.1, -0.05) is 16.4 Å². The van der Waals surface area contributed by atoms with Crippen molar-refractivity contribution >= 4 is 33.5 Å².